The lowest BCUT2D eigenvalue weighted by Gasteiger charge is -2.35. The molecule has 2 nitrogen and oxygen atoms in total. The molecule has 0 unspecified atom stereocenters. The Labute approximate surface area is 117 Å². The largest absolute Gasteiger partial charge is 0.314 e. The van der Waals surface area contributed by atoms with Gasteiger partial charge in [-0.1, -0.05) is 43.5 Å². The van der Waals surface area contributed by atoms with Crippen LogP contribution in [0.2, 0.25) is 0 Å². The van der Waals surface area contributed by atoms with Gasteiger partial charge in [0.05, 0.1) is 0 Å². The first-order chi connectivity index (χ1) is 9.33. The van der Waals surface area contributed by atoms with E-state index in [1.807, 2.05) is 0 Å². The molecular formula is C17H26N2. The van der Waals surface area contributed by atoms with E-state index in [0.29, 0.717) is 0 Å². The van der Waals surface area contributed by atoms with Crippen LogP contribution in [0.3, 0.4) is 0 Å². The summed E-state index contributed by atoms with van der Waals surface area (Å²) in [5.74, 6) is 0.830. The lowest BCUT2D eigenvalue weighted by atomic mass is 9.84. The number of hydrogen-bond donors (Lipinski definition) is 1. The predicted octanol–water partition coefficient (Wildman–Crippen LogP) is 3.14. The molecule has 0 amide bonds. The summed E-state index contributed by atoms with van der Waals surface area (Å²) in [4.78, 5) is 2.46. The molecule has 1 saturated carbocycles. The van der Waals surface area contributed by atoms with E-state index in [0.717, 1.165) is 31.6 Å². The third-order valence-corrected chi connectivity index (χ3v) is 4.87. The van der Waals surface area contributed by atoms with E-state index in [9.17, 15) is 0 Å². The van der Waals surface area contributed by atoms with Crippen molar-refractivity contribution in [3.05, 3.63) is 35.4 Å². The molecule has 1 aromatic carbocycles. The van der Waals surface area contributed by atoms with Gasteiger partial charge in [0.15, 0.2) is 0 Å². The number of hydrogen-bond acceptors (Lipinski definition) is 2. The first-order valence-corrected chi connectivity index (χ1v) is 7.83. The molecule has 1 N–H and O–H groups in total. The number of nitrogens with one attached hydrogen (secondary N) is 1. The van der Waals surface area contributed by atoms with E-state index >= 15 is 0 Å². The Balaban J connectivity index is 1.58. The Morgan fingerprint density at radius 2 is 1.74 bits per heavy atom. The summed E-state index contributed by atoms with van der Waals surface area (Å²) in [6, 6.07) is 10.2. The molecule has 0 radical (unpaired) electrons. The van der Waals surface area contributed by atoms with Crippen LogP contribution in [-0.4, -0.2) is 31.1 Å². The van der Waals surface area contributed by atoms with E-state index in [1.165, 1.54) is 37.7 Å². The Bertz CT molecular complexity index is 388. The zero-order valence-electron chi connectivity index (χ0n) is 12.1. The van der Waals surface area contributed by atoms with Gasteiger partial charge in [0.25, 0.3) is 0 Å². The second-order valence-corrected chi connectivity index (χ2v) is 6.30. The molecule has 104 valence electrons. The van der Waals surface area contributed by atoms with Crippen molar-refractivity contribution < 1.29 is 0 Å². The van der Waals surface area contributed by atoms with E-state index in [1.54, 1.807) is 5.56 Å². The Morgan fingerprint density at radius 3 is 2.32 bits per heavy atom. The molecule has 2 fully saturated rings. The molecule has 0 spiro atoms. The van der Waals surface area contributed by atoms with Crippen molar-refractivity contribution in [3.8, 4) is 0 Å². The van der Waals surface area contributed by atoms with Crippen LogP contribution in [-0.2, 0) is 6.54 Å². The highest BCUT2D eigenvalue weighted by molar-refractivity contribution is 5.25. The first kappa shape index (κ1) is 13.1. The maximum Gasteiger partial charge on any atom is 0.0345 e. The highest BCUT2D eigenvalue weighted by atomic mass is 15.2. The Hall–Kier alpha value is -0.860. The second kappa shape index (κ2) is 6.06. The SMILES string of the molecule is CN(Cc1ccc(C2CCCCC2)cc1)C1CNC1. The lowest BCUT2D eigenvalue weighted by Crippen LogP contribution is -2.55. The van der Waals surface area contributed by atoms with Crippen molar-refractivity contribution >= 4 is 0 Å². The van der Waals surface area contributed by atoms with E-state index in [4.69, 9.17) is 0 Å². The van der Waals surface area contributed by atoms with Crippen molar-refractivity contribution in [1.82, 2.24) is 10.2 Å². The summed E-state index contributed by atoms with van der Waals surface area (Å²) in [5.41, 5.74) is 3.02. The van der Waals surface area contributed by atoms with E-state index in [2.05, 4.69) is 41.5 Å². The zero-order chi connectivity index (χ0) is 13.1. The van der Waals surface area contributed by atoms with Gasteiger partial charge in [-0.05, 0) is 36.9 Å². The second-order valence-electron chi connectivity index (χ2n) is 6.30. The monoisotopic (exact) mass is 258 g/mol. The maximum absolute atomic E-state index is 3.34. The maximum atomic E-state index is 3.34. The molecule has 19 heavy (non-hydrogen) atoms. The number of likely N-dealkylation sites (N-methyl/N-ethyl adjacent to an activating group) is 1. The van der Waals surface area contributed by atoms with Gasteiger partial charge in [-0.2, -0.15) is 0 Å². The molecule has 2 aliphatic rings. The summed E-state index contributed by atoms with van der Waals surface area (Å²) >= 11 is 0. The first-order valence-electron chi connectivity index (χ1n) is 7.83. The third kappa shape index (κ3) is 3.18. The summed E-state index contributed by atoms with van der Waals surface area (Å²) in [6.45, 7) is 3.38. The quantitative estimate of drug-likeness (QED) is 0.892. The van der Waals surface area contributed by atoms with Crippen LogP contribution in [0.15, 0.2) is 24.3 Å². The fraction of sp³-hybridized carbons (Fsp3) is 0.647. The van der Waals surface area contributed by atoms with Gasteiger partial charge in [0.2, 0.25) is 0 Å². The average Bonchev–Trinajstić information content (AvgIpc) is 2.38. The van der Waals surface area contributed by atoms with Crippen LogP contribution >= 0.6 is 0 Å². The molecule has 1 heterocycles. The van der Waals surface area contributed by atoms with Crippen LogP contribution in [0.1, 0.15) is 49.1 Å². The molecule has 3 rings (SSSR count). The van der Waals surface area contributed by atoms with Crippen molar-refractivity contribution in [1.29, 1.82) is 0 Å². The van der Waals surface area contributed by atoms with Crippen molar-refractivity contribution in [3.63, 3.8) is 0 Å². The molecular weight excluding hydrogens is 232 g/mol. The van der Waals surface area contributed by atoms with Gasteiger partial charge < -0.3 is 5.32 Å². The van der Waals surface area contributed by atoms with Gasteiger partial charge in [-0.15, -0.1) is 0 Å². The molecule has 2 heteroatoms. The minimum atomic E-state index is 0.734. The summed E-state index contributed by atoms with van der Waals surface area (Å²) < 4.78 is 0. The van der Waals surface area contributed by atoms with Crippen LogP contribution in [0.25, 0.3) is 0 Å². The van der Waals surface area contributed by atoms with Gasteiger partial charge in [0.1, 0.15) is 0 Å². The standard InChI is InChI=1S/C17H26N2/c1-19(17-11-18-12-17)13-14-7-9-16(10-8-14)15-5-3-2-4-6-15/h7-10,15,17-18H,2-6,11-13H2,1H3. The molecule has 1 aliphatic heterocycles. The number of benzene rings is 1. The highest BCUT2D eigenvalue weighted by Crippen LogP contribution is 2.32. The predicted molar refractivity (Wildman–Crippen MR) is 80.4 cm³/mol. The molecule has 0 bridgehead atoms. The summed E-state index contributed by atoms with van der Waals surface area (Å²) in [5, 5.41) is 3.34. The van der Waals surface area contributed by atoms with Gasteiger partial charge >= 0.3 is 0 Å². The Kier molecular flexibility index (Phi) is 4.19. The van der Waals surface area contributed by atoms with E-state index < -0.39 is 0 Å². The van der Waals surface area contributed by atoms with Crippen LogP contribution in [0, 0.1) is 0 Å². The third-order valence-electron chi connectivity index (χ3n) is 4.87. The van der Waals surface area contributed by atoms with Gasteiger partial charge in [-0.25, -0.2) is 0 Å². The lowest BCUT2D eigenvalue weighted by molar-refractivity contribution is 0.173. The van der Waals surface area contributed by atoms with Crippen LogP contribution in [0.4, 0.5) is 0 Å². The number of nitrogens with zero attached hydrogens (tertiary/aromatic N) is 1. The summed E-state index contributed by atoms with van der Waals surface area (Å²) in [6.07, 6.45) is 7.07. The van der Waals surface area contributed by atoms with Crippen molar-refractivity contribution in [2.45, 2.75) is 50.6 Å². The van der Waals surface area contributed by atoms with Crippen molar-refractivity contribution in [2.24, 2.45) is 0 Å². The van der Waals surface area contributed by atoms with Gasteiger partial charge in [-0.3, -0.25) is 4.90 Å². The fourth-order valence-corrected chi connectivity index (χ4v) is 3.33. The van der Waals surface area contributed by atoms with Crippen LogP contribution in [0.5, 0.6) is 0 Å². The van der Waals surface area contributed by atoms with E-state index in [-0.39, 0.29) is 0 Å². The minimum absolute atomic E-state index is 0.734. The van der Waals surface area contributed by atoms with Crippen molar-refractivity contribution in [2.75, 3.05) is 20.1 Å². The topological polar surface area (TPSA) is 15.3 Å². The number of rotatable bonds is 4. The van der Waals surface area contributed by atoms with Gasteiger partial charge in [0, 0.05) is 25.7 Å². The molecule has 0 atom stereocenters. The minimum Gasteiger partial charge on any atom is -0.314 e. The molecule has 0 aromatic heterocycles. The fourth-order valence-electron chi connectivity index (χ4n) is 3.33. The Morgan fingerprint density at radius 1 is 1.05 bits per heavy atom. The smallest absolute Gasteiger partial charge is 0.0345 e. The van der Waals surface area contributed by atoms with Crippen LogP contribution < -0.4 is 5.32 Å². The summed E-state index contributed by atoms with van der Waals surface area (Å²) in [7, 11) is 2.24. The normalized spacial score (nSPS) is 21.6. The molecule has 1 aromatic rings. The molecule has 1 aliphatic carbocycles. The highest BCUT2D eigenvalue weighted by Gasteiger charge is 2.21. The zero-order valence-corrected chi connectivity index (χ0v) is 12.1. The average molecular weight is 258 g/mol. The molecule has 1 saturated heterocycles.